The maximum atomic E-state index is 13.4. The maximum Gasteiger partial charge on any atom is 0.289 e. The van der Waals surface area contributed by atoms with Crippen LogP contribution in [0.3, 0.4) is 0 Å². The van der Waals surface area contributed by atoms with Crippen molar-refractivity contribution in [2.75, 3.05) is 46.0 Å². The van der Waals surface area contributed by atoms with Crippen LogP contribution in [-0.2, 0) is 9.53 Å². The van der Waals surface area contributed by atoms with Crippen LogP contribution >= 0.6 is 11.6 Å². The Kier molecular flexibility index (Phi) is 7.16. The van der Waals surface area contributed by atoms with E-state index in [1.807, 2.05) is 4.90 Å². The van der Waals surface area contributed by atoms with Gasteiger partial charge in [0, 0.05) is 48.4 Å². The van der Waals surface area contributed by atoms with Crippen LogP contribution in [0.4, 0.5) is 4.39 Å². The van der Waals surface area contributed by atoms with E-state index in [1.54, 1.807) is 41.3 Å². The second-order valence-electron chi connectivity index (χ2n) is 9.54. The molecule has 0 radical (unpaired) electrons. The fourth-order valence-corrected chi connectivity index (χ4v) is 5.16. The van der Waals surface area contributed by atoms with Crippen LogP contribution < -0.4 is 4.74 Å². The topological polar surface area (TPSA) is 72.2 Å². The van der Waals surface area contributed by atoms with E-state index in [9.17, 15) is 14.0 Å². The highest BCUT2D eigenvalue weighted by Gasteiger charge is 2.41. The van der Waals surface area contributed by atoms with E-state index < -0.39 is 5.41 Å². The van der Waals surface area contributed by atoms with Gasteiger partial charge in [-0.1, -0.05) is 11.6 Å². The zero-order valence-corrected chi connectivity index (χ0v) is 20.6. The summed E-state index contributed by atoms with van der Waals surface area (Å²) in [5.74, 6) is 0.205. The molecule has 0 spiro atoms. The Hall–Kier alpha value is -3.10. The highest BCUT2D eigenvalue weighted by atomic mass is 35.5. The number of furan rings is 1. The van der Waals surface area contributed by atoms with Crippen LogP contribution in [0.1, 0.15) is 29.8 Å². The minimum atomic E-state index is -0.590. The van der Waals surface area contributed by atoms with Gasteiger partial charge in [0.2, 0.25) is 5.91 Å². The summed E-state index contributed by atoms with van der Waals surface area (Å²) >= 11 is 6.08. The number of carbonyl (C=O) groups is 2. The SMILES string of the molecule is O=C(C[C@]1(COc2ccc(F)cc2)CCCN(C(=O)c2cc3cc(Cl)ccc3o2)C1)N1CCOCC1. The van der Waals surface area contributed by atoms with Gasteiger partial charge >= 0.3 is 0 Å². The van der Waals surface area contributed by atoms with Gasteiger partial charge in [0.1, 0.15) is 17.1 Å². The first-order valence-corrected chi connectivity index (χ1v) is 12.5. The molecule has 2 amide bonds. The van der Waals surface area contributed by atoms with Crippen LogP contribution in [0.5, 0.6) is 5.75 Å². The number of nitrogens with zero attached hydrogens (tertiary/aromatic N) is 2. The summed E-state index contributed by atoms with van der Waals surface area (Å²) in [5, 5.41) is 1.33. The Morgan fingerprint density at radius 1 is 1.03 bits per heavy atom. The number of ether oxygens (including phenoxy) is 2. The smallest absolute Gasteiger partial charge is 0.289 e. The van der Waals surface area contributed by atoms with Gasteiger partial charge in [-0.05, 0) is 61.4 Å². The molecule has 2 aliphatic heterocycles. The molecule has 190 valence electrons. The lowest BCUT2D eigenvalue weighted by Crippen LogP contribution is -2.52. The molecule has 0 saturated carbocycles. The molecule has 3 heterocycles. The summed E-state index contributed by atoms with van der Waals surface area (Å²) in [6.07, 6.45) is 1.69. The Labute approximate surface area is 213 Å². The Morgan fingerprint density at radius 2 is 1.81 bits per heavy atom. The van der Waals surface area contributed by atoms with Crippen LogP contribution in [0.2, 0.25) is 5.02 Å². The van der Waals surface area contributed by atoms with Gasteiger partial charge in [-0.15, -0.1) is 0 Å². The van der Waals surface area contributed by atoms with E-state index >= 15 is 0 Å². The average molecular weight is 515 g/mol. The number of morpholine rings is 1. The fraction of sp³-hybridized carbons (Fsp3) is 0.407. The Bertz CT molecular complexity index is 1240. The summed E-state index contributed by atoms with van der Waals surface area (Å²) in [6.45, 7) is 3.28. The van der Waals surface area contributed by atoms with E-state index in [1.165, 1.54) is 12.1 Å². The molecule has 36 heavy (non-hydrogen) atoms. The van der Waals surface area contributed by atoms with Gasteiger partial charge in [0.25, 0.3) is 5.91 Å². The predicted octanol–water partition coefficient (Wildman–Crippen LogP) is 4.78. The number of amides is 2. The molecule has 2 aromatic carbocycles. The predicted molar refractivity (Wildman–Crippen MR) is 133 cm³/mol. The molecule has 5 rings (SSSR count). The number of piperidine rings is 1. The molecule has 1 aromatic heterocycles. The van der Waals surface area contributed by atoms with Gasteiger partial charge in [0.15, 0.2) is 5.76 Å². The number of likely N-dealkylation sites (tertiary alicyclic amines) is 1. The number of hydrogen-bond donors (Lipinski definition) is 0. The molecule has 7 nitrogen and oxygen atoms in total. The standard InChI is InChI=1S/C27H28ClFN2O5/c28-20-2-7-23-19(14-20)15-24(36-23)26(33)31-9-1-8-27(17-31,16-25(32)30-10-12-34-13-11-30)18-35-22-5-3-21(29)4-6-22/h2-7,14-15H,1,8-13,16-18H2/t27-/m1/s1. The van der Waals surface area contributed by atoms with Crippen molar-refractivity contribution in [3.8, 4) is 5.75 Å². The lowest BCUT2D eigenvalue weighted by molar-refractivity contribution is -0.139. The van der Waals surface area contributed by atoms with E-state index in [4.69, 9.17) is 25.5 Å². The third kappa shape index (κ3) is 5.50. The van der Waals surface area contributed by atoms with E-state index in [0.29, 0.717) is 55.7 Å². The number of benzene rings is 2. The Morgan fingerprint density at radius 3 is 2.58 bits per heavy atom. The van der Waals surface area contributed by atoms with Crippen LogP contribution in [0.25, 0.3) is 11.0 Å². The molecule has 3 aromatic rings. The third-order valence-electron chi connectivity index (χ3n) is 6.89. The monoisotopic (exact) mass is 514 g/mol. The molecule has 0 bridgehead atoms. The number of carbonyl (C=O) groups excluding carboxylic acids is 2. The van der Waals surface area contributed by atoms with Crippen molar-refractivity contribution in [2.24, 2.45) is 5.41 Å². The first-order chi connectivity index (χ1) is 17.4. The minimum absolute atomic E-state index is 0.0219. The van der Waals surface area contributed by atoms with Gasteiger partial charge in [-0.25, -0.2) is 4.39 Å². The maximum absolute atomic E-state index is 13.4. The summed E-state index contributed by atoms with van der Waals surface area (Å²) in [7, 11) is 0. The summed E-state index contributed by atoms with van der Waals surface area (Å²) in [5.41, 5.74) is 0.000619. The number of rotatable bonds is 6. The molecule has 0 unspecified atom stereocenters. The molecular weight excluding hydrogens is 487 g/mol. The highest BCUT2D eigenvalue weighted by Crippen LogP contribution is 2.36. The van der Waals surface area contributed by atoms with Gasteiger partial charge in [-0.2, -0.15) is 0 Å². The van der Waals surface area contributed by atoms with Crippen molar-refractivity contribution in [2.45, 2.75) is 19.3 Å². The second-order valence-corrected chi connectivity index (χ2v) is 9.97. The van der Waals surface area contributed by atoms with E-state index in [-0.39, 0.29) is 36.4 Å². The molecule has 0 aliphatic carbocycles. The van der Waals surface area contributed by atoms with Crippen molar-refractivity contribution in [1.82, 2.24) is 9.80 Å². The first kappa shape index (κ1) is 24.6. The number of halogens is 2. The lowest BCUT2D eigenvalue weighted by atomic mass is 9.77. The van der Waals surface area contributed by atoms with E-state index in [2.05, 4.69) is 0 Å². The normalized spacial score (nSPS) is 20.5. The van der Waals surface area contributed by atoms with E-state index in [0.717, 1.165) is 18.2 Å². The summed E-state index contributed by atoms with van der Waals surface area (Å²) in [4.78, 5) is 30.3. The summed E-state index contributed by atoms with van der Waals surface area (Å²) in [6, 6.07) is 12.7. The number of fused-ring (bicyclic) bond motifs is 1. The zero-order valence-electron chi connectivity index (χ0n) is 19.9. The molecule has 9 heteroatoms. The van der Waals surface area contributed by atoms with Gasteiger partial charge in [-0.3, -0.25) is 9.59 Å². The zero-order chi connectivity index (χ0) is 25.1. The van der Waals surface area contributed by atoms with Crippen molar-refractivity contribution in [3.63, 3.8) is 0 Å². The molecule has 2 saturated heterocycles. The molecule has 2 aliphatic rings. The summed E-state index contributed by atoms with van der Waals surface area (Å²) < 4.78 is 30.6. The van der Waals surface area contributed by atoms with Crippen molar-refractivity contribution in [1.29, 1.82) is 0 Å². The lowest BCUT2D eigenvalue weighted by Gasteiger charge is -2.43. The Balaban J connectivity index is 1.36. The molecule has 0 N–H and O–H groups in total. The first-order valence-electron chi connectivity index (χ1n) is 12.1. The highest BCUT2D eigenvalue weighted by molar-refractivity contribution is 6.31. The third-order valence-corrected chi connectivity index (χ3v) is 7.12. The van der Waals surface area contributed by atoms with Crippen molar-refractivity contribution in [3.05, 3.63) is 65.1 Å². The fourth-order valence-electron chi connectivity index (χ4n) is 4.98. The van der Waals surface area contributed by atoms with Crippen LogP contribution in [-0.4, -0.2) is 67.6 Å². The molecular formula is C27H28ClFN2O5. The molecule has 1 atom stereocenters. The van der Waals surface area contributed by atoms with Gasteiger partial charge in [0.05, 0.1) is 19.8 Å². The van der Waals surface area contributed by atoms with Gasteiger partial charge < -0.3 is 23.7 Å². The second kappa shape index (κ2) is 10.5. The van der Waals surface area contributed by atoms with Crippen LogP contribution in [0.15, 0.2) is 52.9 Å². The minimum Gasteiger partial charge on any atom is -0.493 e. The number of hydrogen-bond acceptors (Lipinski definition) is 5. The molecule has 2 fully saturated rings. The quantitative estimate of drug-likeness (QED) is 0.473. The van der Waals surface area contributed by atoms with Crippen LogP contribution in [0, 0.1) is 11.2 Å². The van der Waals surface area contributed by atoms with Crippen molar-refractivity contribution < 1.29 is 27.9 Å². The largest absolute Gasteiger partial charge is 0.493 e. The average Bonchev–Trinajstić information content (AvgIpc) is 3.32. The van der Waals surface area contributed by atoms with Crippen molar-refractivity contribution >= 4 is 34.4 Å².